The van der Waals surface area contributed by atoms with Gasteiger partial charge in [-0.1, -0.05) is 13.0 Å². The normalized spacial score (nSPS) is 21.6. The second kappa shape index (κ2) is 49.3. The first-order valence-electron chi connectivity index (χ1n) is 26.9. The van der Waals surface area contributed by atoms with E-state index in [9.17, 15) is 8.42 Å². The molecule has 0 saturated carbocycles. The molecule has 0 unspecified atom stereocenters. The molecule has 9 heterocycles. The minimum absolute atomic E-state index is 0. The first-order valence-corrected chi connectivity index (χ1v) is 31.2. The van der Waals surface area contributed by atoms with Crippen molar-refractivity contribution in [2.75, 3.05) is 59.1 Å². The molecule has 21 nitrogen and oxygen atoms in total. The zero-order valence-electron chi connectivity index (χ0n) is 54.3. The molecule has 2 aromatic heterocycles. The number of hydrogen-bond acceptors (Lipinski definition) is 19. The fourth-order valence-corrected chi connectivity index (χ4v) is 7.95. The first kappa shape index (κ1) is 99.4. The van der Waals surface area contributed by atoms with E-state index in [1.54, 1.807) is 0 Å². The summed E-state index contributed by atoms with van der Waals surface area (Å²) in [7, 11) is 0.0307. The molecule has 0 aliphatic carbocycles. The van der Waals surface area contributed by atoms with E-state index in [4.69, 9.17) is 67.4 Å². The maximum absolute atomic E-state index is 9.40. The van der Waals surface area contributed by atoms with E-state index in [1.807, 2.05) is 96.3 Å². The molecule has 470 valence electrons. The Balaban J connectivity index is -0.000000223. The quantitative estimate of drug-likeness (QED) is 0.105. The second-order valence-corrected chi connectivity index (χ2v) is 27.6. The summed E-state index contributed by atoms with van der Waals surface area (Å²) in [6.45, 7) is 35.2. The summed E-state index contributed by atoms with van der Waals surface area (Å²) in [6, 6.07) is 0.963. The molecule has 7 saturated heterocycles. The van der Waals surface area contributed by atoms with E-state index in [0.717, 1.165) is 118 Å². The number of nitrogens with one attached hydrogen (secondary N) is 1. The van der Waals surface area contributed by atoms with Crippen LogP contribution in [0.5, 0.6) is 0 Å². The third-order valence-corrected chi connectivity index (χ3v) is 15.9. The van der Waals surface area contributed by atoms with Crippen LogP contribution in [0.1, 0.15) is 162 Å². The number of rotatable bonds is 6. The Morgan fingerprint density at radius 2 is 0.965 bits per heavy atom. The van der Waals surface area contributed by atoms with Crippen molar-refractivity contribution in [3.63, 3.8) is 0 Å². The fraction of sp³-hybridized carbons (Fsp3) is 0.804. The molecule has 2 aromatic rings. The van der Waals surface area contributed by atoms with Gasteiger partial charge < -0.3 is 69.0 Å². The minimum Gasteiger partial charge on any atom is -1.00 e. The van der Waals surface area contributed by atoms with Crippen LogP contribution < -0.4 is 113 Å². The van der Waals surface area contributed by atoms with Crippen molar-refractivity contribution in [1.82, 2.24) is 19.6 Å². The largest absolute Gasteiger partial charge is 1.00 e. The molecule has 85 heavy (non-hydrogen) atoms. The van der Waals surface area contributed by atoms with Crippen LogP contribution in [0.4, 0.5) is 0 Å². The van der Waals surface area contributed by atoms with Gasteiger partial charge in [0.05, 0.1) is 68.7 Å². The molecule has 7 aliphatic rings. The second-order valence-electron chi connectivity index (χ2n) is 22.7. The van der Waals surface area contributed by atoms with Crippen molar-refractivity contribution in [1.29, 1.82) is 5.41 Å². The summed E-state index contributed by atoms with van der Waals surface area (Å²) in [5.41, 5.74) is -1.06. The third-order valence-electron chi connectivity index (χ3n) is 14.8. The van der Waals surface area contributed by atoms with Gasteiger partial charge in [-0.05, 0) is 179 Å². The Kier molecular flexibility index (Phi) is 57.6. The Labute approximate surface area is 712 Å². The van der Waals surface area contributed by atoms with E-state index in [2.05, 4.69) is 98.4 Å². The number of hydrogen-bond donors (Lipinski definition) is 2. The number of carbonyl (C=O) groups is 1. The van der Waals surface area contributed by atoms with Gasteiger partial charge in [0.25, 0.3) is 6.47 Å². The van der Waals surface area contributed by atoms with Gasteiger partial charge in [-0.3, -0.25) is 14.2 Å². The van der Waals surface area contributed by atoms with Crippen molar-refractivity contribution in [3.05, 3.63) is 39.8 Å². The Morgan fingerprint density at radius 3 is 1.20 bits per heavy atom. The van der Waals surface area contributed by atoms with E-state index >= 15 is 0 Å². The molecular formula is C51H91B3Br2ClK2N5O16SU4. The van der Waals surface area contributed by atoms with Gasteiger partial charge in [-0.2, -0.15) is 10.2 Å². The van der Waals surface area contributed by atoms with Crippen LogP contribution >= 0.6 is 42.5 Å². The Bertz CT molecular complexity index is 2140. The van der Waals surface area contributed by atoms with Crippen LogP contribution in [0.15, 0.2) is 39.8 Å². The monoisotopic (exact) mass is 2320 g/mol. The molecule has 0 radical (unpaired) electrons. The number of ether oxygens (including phenoxy) is 4. The Morgan fingerprint density at radius 1 is 0.671 bits per heavy atom. The van der Waals surface area contributed by atoms with Crippen molar-refractivity contribution >= 4 is 90.9 Å². The number of halogens is 3. The molecule has 0 amide bonds. The molecule has 9 rings (SSSR count). The van der Waals surface area contributed by atoms with Crippen LogP contribution in [0, 0.1) is 136 Å². The van der Waals surface area contributed by atoms with Crippen LogP contribution in [0.3, 0.4) is 0 Å². The summed E-state index contributed by atoms with van der Waals surface area (Å²) in [6.07, 6.45) is 20.0. The minimum atomic E-state index is -3.19. The van der Waals surface area contributed by atoms with Crippen LogP contribution in [0.2, 0.25) is 0 Å². The summed E-state index contributed by atoms with van der Waals surface area (Å²) < 4.78 is 81.5. The maximum Gasteiger partial charge on any atom is 1.00 e. The molecular weight excluding hydrogens is 2230 g/mol. The molecule has 7 fully saturated rings. The summed E-state index contributed by atoms with van der Waals surface area (Å²) in [5.74, 6) is 0.911. The van der Waals surface area contributed by atoms with Gasteiger partial charge in [0.2, 0.25) is 9.05 Å². The van der Waals surface area contributed by atoms with Gasteiger partial charge in [-0.15, -0.1) is 0 Å². The number of carbonyl (C=O) groups excluding carboxylic acids is 1. The zero-order chi connectivity index (χ0) is 59.9. The van der Waals surface area contributed by atoms with E-state index in [-0.39, 0.29) is 282 Å². The smallest absolute Gasteiger partial charge is 1.00 e. The number of aliphatic hydroxyl groups is 1. The van der Waals surface area contributed by atoms with Crippen LogP contribution in [0.25, 0.3) is 0 Å². The van der Waals surface area contributed by atoms with E-state index < -0.39 is 23.1 Å². The van der Waals surface area contributed by atoms with Gasteiger partial charge in [0.1, 0.15) is 0 Å². The van der Waals surface area contributed by atoms with E-state index in [0.29, 0.717) is 12.1 Å². The SMILES string of the molecule is Brc1cnn(C2CCOCC2)c1.C/C=C(/Br)C=N.CC1(C)OB(B2OC(C)(C)C(C)(C)O2)OC1(C)C.CC1(C)OB(c2cnn(C3CCOCC3)c2)OC1(C)C.CC1CCOCC1.CS(=O)(=O)Cl.O=CO[O-].OC1CCOCC1.[H-].[K+].[K+].[U].[U].[U].[U]. The van der Waals surface area contributed by atoms with E-state index in [1.165, 1.54) is 19.1 Å². The first-order chi connectivity index (χ1) is 36.6. The van der Waals surface area contributed by atoms with Crippen LogP contribution in [-0.4, -0.2) is 166 Å². The van der Waals surface area contributed by atoms with Crippen molar-refractivity contribution in [3.8, 4) is 0 Å². The third kappa shape index (κ3) is 38.6. The number of aromatic nitrogens is 4. The molecule has 0 bridgehead atoms. The van der Waals surface area contributed by atoms with Gasteiger partial charge in [-0.25, -0.2) is 8.42 Å². The van der Waals surface area contributed by atoms with Crippen molar-refractivity contribution in [2.45, 2.75) is 200 Å². The maximum atomic E-state index is 9.40. The predicted molar refractivity (Wildman–Crippen MR) is 314 cm³/mol. The average molecular weight is 2320 g/mol. The summed E-state index contributed by atoms with van der Waals surface area (Å²) >= 11 is 6.48. The zero-order valence-corrected chi connectivity index (χ0v) is 80.9. The molecule has 7 aliphatic heterocycles. The van der Waals surface area contributed by atoms with Gasteiger partial charge in [0.15, 0.2) is 0 Å². The van der Waals surface area contributed by atoms with Gasteiger partial charge >= 0.3 is 124 Å². The Hall–Kier alpha value is 5.70. The average Bonchev–Trinajstić information content (AvgIpc) is 4.19. The van der Waals surface area contributed by atoms with Gasteiger partial charge in [0, 0.05) is 223 Å². The fourth-order valence-electron chi connectivity index (χ4n) is 7.65. The molecule has 0 atom stereocenters. The van der Waals surface area contributed by atoms with Crippen molar-refractivity contribution in [2.24, 2.45) is 5.92 Å². The number of nitrogens with zero attached hydrogens (tertiary/aromatic N) is 4. The molecule has 34 heteroatoms. The summed E-state index contributed by atoms with van der Waals surface area (Å²) in [4.78, 5) is 11.2. The summed E-state index contributed by atoms with van der Waals surface area (Å²) in [5, 5.41) is 32.6. The van der Waals surface area contributed by atoms with Crippen LogP contribution in [-0.2, 0) is 65.6 Å². The number of aliphatic hydroxyl groups excluding tert-OH is 1. The molecule has 0 spiro atoms. The standard InChI is InChI=1S/C14H23BN2O3.C12H24B2O4.C8H11BrN2O.C6H12O.C5H10O2.C4H6BrN.CH3ClO2S.CH2O3.2K.4U.H/c1-13(2)14(3,4)20-15(19-13)11-9-16-17(10-11)12-5-7-18-8-6-12;1-9(2)10(3,4)16-13(15-9)14-17-11(5,6)12(7,8)18-14;9-7-5-10-11(6-7)8-1-3-12-4-2-8;1-6-2-4-7-5-3-6;6-5-1-3-7-4-2-5;1-2-4(5)3-6;1-5(2,3)4;2-1-4-3;;;;;;;/h9-10,12H,5-8H2,1-4H3;1-8H3;5-6,8H,1-4H2;6H,2-5H2,1H3;5-6H,1-4H2;2-3,6H,1H3;1H3;1,3H;;;;;;;/q;;;;;;;;2*+1;;;;;-1/p-1/b;;;;;4-2+,6-3?;;;;;;;;;. The van der Waals surface area contributed by atoms with Crippen molar-refractivity contribution < 1.29 is 304 Å². The molecule has 0 aromatic carbocycles. The predicted octanol–water partition coefficient (Wildman–Crippen LogP) is 2.05. The molecule has 2 N–H and O–H groups in total. The number of allylic oxidation sites excluding steroid dienone is 2. The topological polar surface area (TPSA) is 256 Å².